The molecule has 3 atom stereocenters. The maximum atomic E-state index is 12.5. The molecular weight excluding hydrogens is 382 g/mol. The predicted octanol–water partition coefficient (Wildman–Crippen LogP) is 1.58. The van der Waals surface area contributed by atoms with Gasteiger partial charge in [0, 0.05) is 19.3 Å². The highest BCUT2D eigenvalue weighted by Gasteiger charge is 2.26. The second-order valence-electron chi connectivity index (χ2n) is 6.86. The largest absolute Gasteiger partial charge is 0.372 e. The van der Waals surface area contributed by atoms with Crippen LogP contribution in [0.4, 0.5) is 5.69 Å². The first-order chi connectivity index (χ1) is 12.9. The van der Waals surface area contributed by atoms with E-state index in [1.165, 1.54) is 10.9 Å². The molecule has 1 aliphatic rings. The summed E-state index contributed by atoms with van der Waals surface area (Å²) in [4.78, 5) is 26.6. The van der Waals surface area contributed by atoms with Crippen LogP contribution in [0.1, 0.15) is 25.5 Å². The molecule has 1 aliphatic heterocycles. The van der Waals surface area contributed by atoms with E-state index in [9.17, 15) is 9.59 Å². The van der Waals surface area contributed by atoms with Gasteiger partial charge in [-0.3, -0.25) is 14.3 Å². The van der Waals surface area contributed by atoms with Crippen molar-refractivity contribution in [3.63, 3.8) is 0 Å². The number of hydrogen-bond acceptors (Lipinski definition) is 5. The fraction of sp³-hybridized carbons (Fsp3) is 0.421. The summed E-state index contributed by atoms with van der Waals surface area (Å²) in [5, 5.41) is 6.89. The molecule has 2 amide bonds. The zero-order valence-electron chi connectivity index (χ0n) is 15.9. The fourth-order valence-electron chi connectivity index (χ4n) is 3.17. The standard InChI is InChI=1S/C19H25N5O3.ClH/c1-13-9-23(10-14(2)27-13)17(25)12-24-11-16(8-21-24)22-19(26)18(20)15-6-4-3-5-7-15;/h3-8,11,13-14,18H,9-10,12,20H2,1-2H3,(H,22,26);1H. The lowest BCUT2D eigenvalue weighted by Gasteiger charge is -2.35. The van der Waals surface area contributed by atoms with Crippen molar-refractivity contribution in [2.45, 2.75) is 38.6 Å². The smallest absolute Gasteiger partial charge is 0.245 e. The number of ether oxygens (including phenoxy) is 1. The number of morpholine rings is 1. The Morgan fingerprint density at radius 2 is 1.89 bits per heavy atom. The molecule has 1 fully saturated rings. The number of carbonyl (C=O) groups is 2. The first-order valence-electron chi connectivity index (χ1n) is 8.99. The van der Waals surface area contributed by atoms with Gasteiger partial charge in [-0.25, -0.2) is 0 Å². The third-order valence-corrected chi connectivity index (χ3v) is 4.41. The average molecular weight is 408 g/mol. The number of amides is 2. The Bertz CT molecular complexity index is 788. The summed E-state index contributed by atoms with van der Waals surface area (Å²) >= 11 is 0. The number of nitrogens with one attached hydrogen (secondary N) is 1. The van der Waals surface area contributed by atoms with Crippen molar-refractivity contribution in [1.29, 1.82) is 0 Å². The summed E-state index contributed by atoms with van der Waals surface area (Å²) in [5.41, 5.74) is 7.22. The monoisotopic (exact) mass is 407 g/mol. The molecule has 28 heavy (non-hydrogen) atoms. The van der Waals surface area contributed by atoms with Gasteiger partial charge in [-0.15, -0.1) is 12.4 Å². The van der Waals surface area contributed by atoms with E-state index in [1.807, 2.05) is 32.0 Å². The van der Waals surface area contributed by atoms with E-state index in [2.05, 4.69) is 10.4 Å². The van der Waals surface area contributed by atoms with Gasteiger partial charge in [0.25, 0.3) is 0 Å². The Morgan fingerprint density at radius 3 is 2.54 bits per heavy atom. The lowest BCUT2D eigenvalue weighted by molar-refractivity contribution is -0.144. The van der Waals surface area contributed by atoms with E-state index in [1.54, 1.807) is 23.2 Å². The highest BCUT2D eigenvalue weighted by atomic mass is 35.5. The Morgan fingerprint density at radius 1 is 1.25 bits per heavy atom. The molecule has 1 aromatic heterocycles. The summed E-state index contributed by atoms with van der Waals surface area (Å²) in [6.45, 7) is 5.15. The fourth-order valence-corrected chi connectivity index (χ4v) is 3.17. The molecule has 1 aromatic carbocycles. The minimum atomic E-state index is -0.771. The Kier molecular flexibility index (Phi) is 7.56. The van der Waals surface area contributed by atoms with Crippen LogP contribution < -0.4 is 11.1 Å². The van der Waals surface area contributed by atoms with Crippen molar-refractivity contribution in [1.82, 2.24) is 14.7 Å². The van der Waals surface area contributed by atoms with Gasteiger partial charge in [0.15, 0.2) is 0 Å². The first kappa shape index (κ1) is 21.9. The van der Waals surface area contributed by atoms with Crippen LogP contribution in [0.3, 0.4) is 0 Å². The molecule has 3 N–H and O–H groups in total. The molecule has 152 valence electrons. The molecule has 3 unspecified atom stereocenters. The summed E-state index contributed by atoms with van der Waals surface area (Å²) in [7, 11) is 0. The molecule has 0 saturated carbocycles. The number of halogens is 1. The number of rotatable bonds is 5. The van der Waals surface area contributed by atoms with Crippen LogP contribution in [0.25, 0.3) is 0 Å². The van der Waals surface area contributed by atoms with E-state index < -0.39 is 6.04 Å². The van der Waals surface area contributed by atoms with Gasteiger partial charge in [-0.2, -0.15) is 5.10 Å². The second kappa shape index (κ2) is 9.68. The third-order valence-electron chi connectivity index (χ3n) is 4.41. The van der Waals surface area contributed by atoms with Crippen molar-refractivity contribution in [3.05, 3.63) is 48.3 Å². The maximum absolute atomic E-state index is 12.5. The van der Waals surface area contributed by atoms with E-state index in [0.29, 0.717) is 18.8 Å². The van der Waals surface area contributed by atoms with Crippen LogP contribution in [-0.2, 0) is 20.9 Å². The van der Waals surface area contributed by atoms with Crippen molar-refractivity contribution >= 4 is 29.9 Å². The summed E-state index contributed by atoms with van der Waals surface area (Å²) in [5.74, 6) is -0.359. The molecule has 0 aliphatic carbocycles. The van der Waals surface area contributed by atoms with Gasteiger partial charge >= 0.3 is 0 Å². The molecule has 1 saturated heterocycles. The number of anilines is 1. The zero-order chi connectivity index (χ0) is 19.4. The molecule has 0 bridgehead atoms. The lowest BCUT2D eigenvalue weighted by atomic mass is 10.1. The summed E-state index contributed by atoms with van der Waals surface area (Å²) < 4.78 is 7.16. The van der Waals surface area contributed by atoms with Gasteiger partial charge in [-0.05, 0) is 19.4 Å². The zero-order valence-corrected chi connectivity index (χ0v) is 16.8. The van der Waals surface area contributed by atoms with E-state index in [4.69, 9.17) is 10.5 Å². The number of nitrogens with zero attached hydrogens (tertiary/aromatic N) is 3. The highest BCUT2D eigenvalue weighted by molar-refractivity contribution is 5.95. The van der Waals surface area contributed by atoms with Gasteiger partial charge in [0.05, 0.1) is 24.1 Å². The number of aromatic nitrogens is 2. The van der Waals surface area contributed by atoms with Gasteiger partial charge < -0.3 is 20.7 Å². The van der Waals surface area contributed by atoms with Crippen LogP contribution in [0, 0.1) is 0 Å². The van der Waals surface area contributed by atoms with Gasteiger partial charge in [0.2, 0.25) is 11.8 Å². The van der Waals surface area contributed by atoms with Crippen LogP contribution in [0.5, 0.6) is 0 Å². The normalized spacial score (nSPS) is 20.2. The first-order valence-corrected chi connectivity index (χ1v) is 8.99. The second-order valence-corrected chi connectivity index (χ2v) is 6.86. The van der Waals surface area contributed by atoms with E-state index in [-0.39, 0.29) is 43.0 Å². The molecule has 2 heterocycles. The lowest BCUT2D eigenvalue weighted by Crippen LogP contribution is -2.49. The average Bonchev–Trinajstić information content (AvgIpc) is 3.07. The molecule has 0 spiro atoms. The number of benzene rings is 1. The minimum Gasteiger partial charge on any atom is -0.372 e. The molecular formula is C19H26ClN5O3. The molecule has 9 heteroatoms. The van der Waals surface area contributed by atoms with Crippen LogP contribution in [-0.4, -0.2) is 51.8 Å². The number of carbonyl (C=O) groups excluding carboxylic acids is 2. The van der Waals surface area contributed by atoms with Gasteiger partial charge in [-0.1, -0.05) is 30.3 Å². The van der Waals surface area contributed by atoms with Crippen LogP contribution in [0.15, 0.2) is 42.7 Å². The SMILES string of the molecule is CC1CN(C(=O)Cn2cc(NC(=O)C(N)c3ccccc3)cn2)CC(C)O1.Cl. The minimum absolute atomic E-state index is 0. The molecule has 0 radical (unpaired) electrons. The summed E-state index contributed by atoms with van der Waals surface area (Å²) in [6, 6.07) is 8.37. The predicted molar refractivity (Wildman–Crippen MR) is 108 cm³/mol. The Hall–Kier alpha value is -2.42. The van der Waals surface area contributed by atoms with Crippen LogP contribution in [0.2, 0.25) is 0 Å². The van der Waals surface area contributed by atoms with Crippen molar-refractivity contribution in [2.75, 3.05) is 18.4 Å². The van der Waals surface area contributed by atoms with Crippen molar-refractivity contribution < 1.29 is 14.3 Å². The number of nitrogens with two attached hydrogens (primary N) is 1. The maximum Gasteiger partial charge on any atom is 0.245 e. The number of hydrogen-bond donors (Lipinski definition) is 2. The Balaban J connectivity index is 0.00000280. The third kappa shape index (κ3) is 5.54. The van der Waals surface area contributed by atoms with Crippen LogP contribution >= 0.6 is 12.4 Å². The molecule has 3 rings (SSSR count). The van der Waals surface area contributed by atoms with E-state index >= 15 is 0 Å². The van der Waals surface area contributed by atoms with E-state index in [0.717, 1.165) is 5.56 Å². The summed E-state index contributed by atoms with van der Waals surface area (Å²) in [6.07, 6.45) is 3.17. The van der Waals surface area contributed by atoms with Gasteiger partial charge in [0.1, 0.15) is 12.6 Å². The van der Waals surface area contributed by atoms with Crippen molar-refractivity contribution in [2.24, 2.45) is 5.73 Å². The highest BCUT2D eigenvalue weighted by Crippen LogP contribution is 2.14. The quantitative estimate of drug-likeness (QED) is 0.783. The molecule has 8 nitrogen and oxygen atoms in total. The molecule has 2 aromatic rings. The van der Waals surface area contributed by atoms with Crippen molar-refractivity contribution in [3.8, 4) is 0 Å². The Labute approximate surface area is 170 Å². The topological polar surface area (TPSA) is 102 Å².